The summed E-state index contributed by atoms with van der Waals surface area (Å²) in [5, 5.41) is 3.30. The average Bonchev–Trinajstić information content (AvgIpc) is 2.00. The third-order valence-corrected chi connectivity index (χ3v) is 2.14. The molecule has 1 aliphatic heterocycles. The third kappa shape index (κ3) is 2.34. The van der Waals surface area contributed by atoms with Crippen LogP contribution in [0.5, 0.6) is 0 Å². The van der Waals surface area contributed by atoms with Crippen LogP contribution in [0.4, 0.5) is 0 Å². The molecule has 1 aliphatic rings. The minimum absolute atomic E-state index is 0.678. The fourth-order valence-corrected chi connectivity index (χ4v) is 0.946. The van der Waals surface area contributed by atoms with Gasteiger partial charge in [-0.15, -0.1) is 0 Å². The SMILES string of the molecule is C=N/C(C)=C(/C)NCC1COC1. The Balaban J connectivity index is 2.25. The van der Waals surface area contributed by atoms with Crippen LogP contribution >= 0.6 is 0 Å². The maximum atomic E-state index is 5.06. The molecule has 0 aromatic heterocycles. The van der Waals surface area contributed by atoms with Crippen molar-refractivity contribution in [2.24, 2.45) is 10.9 Å². The summed E-state index contributed by atoms with van der Waals surface area (Å²) >= 11 is 0. The molecular formula is C9H16N2O. The second-order valence-electron chi connectivity index (χ2n) is 3.15. The van der Waals surface area contributed by atoms with Crippen LogP contribution in [0.15, 0.2) is 16.4 Å². The van der Waals surface area contributed by atoms with Gasteiger partial charge in [-0.25, -0.2) is 0 Å². The van der Waals surface area contributed by atoms with Gasteiger partial charge in [0, 0.05) is 18.2 Å². The minimum Gasteiger partial charge on any atom is -0.387 e. The second-order valence-corrected chi connectivity index (χ2v) is 3.15. The van der Waals surface area contributed by atoms with Gasteiger partial charge in [-0.3, -0.25) is 4.99 Å². The molecule has 3 heteroatoms. The molecule has 0 atom stereocenters. The highest BCUT2D eigenvalue weighted by molar-refractivity contribution is 5.29. The summed E-state index contributed by atoms with van der Waals surface area (Å²) < 4.78 is 5.06. The summed E-state index contributed by atoms with van der Waals surface area (Å²) in [5.74, 6) is 0.678. The van der Waals surface area contributed by atoms with Crippen molar-refractivity contribution in [2.75, 3.05) is 19.8 Å². The summed E-state index contributed by atoms with van der Waals surface area (Å²) in [4.78, 5) is 3.85. The van der Waals surface area contributed by atoms with Gasteiger partial charge >= 0.3 is 0 Å². The maximum Gasteiger partial charge on any atom is 0.0551 e. The van der Waals surface area contributed by atoms with Crippen LogP contribution in [-0.4, -0.2) is 26.5 Å². The van der Waals surface area contributed by atoms with Crippen LogP contribution in [0, 0.1) is 5.92 Å². The van der Waals surface area contributed by atoms with Crippen molar-refractivity contribution in [3.8, 4) is 0 Å². The molecule has 0 aromatic rings. The molecule has 68 valence electrons. The van der Waals surface area contributed by atoms with E-state index in [-0.39, 0.29) is 0 Å². The van der Waals surface area contributed by atoms with E-state index in [4.69, 9.17) is 4.74 Å². The van der Waals surface area contributed by atoms with Crippen LogP contribution in [0.25, 0.3) is 0 Å². The van der Waals surface area contributed by atoms with Gasteiger partial charge in [0.1, 0.15) is 0 Å². The molecule has 0 aliphatic carbocycles. The van der Waals surface area contributed by atoms with Gasteiger partial charge in [-0.1, -0.05) is 0 Å². The number of aliphatic imine (C=N–C) groups is 1. The zero-order chi connectivity index (χ0) is 8.97. The molecule has 0 aromatic carbocycles. The molecule has 0 bridgehead atoms. The molecule has 1 saturated heterocycles. The molecule has 3 nitrogen and oxygen atoms in total. The van der Waals surface area contributed by atoms with Crippen LogP contribution in [0.1, 0.15) is 13.8 Å². The first-order valence-electron chi connectivity index (χ1n) is 4.20. The van der Waals surface area contributed by atoms with Gasteiger partial charge in [-0.2, -0.15) is 0 Å². The topological polar surface area (TPSA) is 33.6 Å². The minimum atomic E-state index is 0.678. The lowest BCUT2D eigenvalue weighted by Gasteiger charge is -2.26. The lowest BCUT2D eigenvalue weighted by Crippen LogP contribution is -2.36. The van der Waals surface area contributed by atoms with E-state index in [0.29, 0.717) is 5.92 Å². The number of hydrogen-bond acceptors (Lipinski definition) is 3. The molecule has 0 spiro atoms. The molecular weight excluding hydrogens is 152 g/mol. The summed E-state index contributed by atoms with van der Waals surface area (Å²) in [6.07, 6.45) is 0. The largest absolute Gasteiger partial charge is 0.387 e. The smallest absolute Gasteiger partial charge is 0.0551 e. The summed E-state index contributed by atoms with van der Waals surface area (Å²) in [6, 6.07) is 0. The van der Waals surface area contributed by atoms with Crippen molar-refractivity contribution in [1.29, 1.82) is 0 Å². The average molecular weight is 168 g/mol. The monoisotopic (exact) mass is 168 g/mol. The third-order valence-electron chi connectivity index (χ3n) is 2.14. The van der Waals surface area contributed by atoms with E-state index in [0.717, 1.165) is 31.2 Å². The van der Waals surface area contributed by atoms with Crippen molar-refractivity contribution < 1.29 is 4.74 Å². The Hall–Kier alpha value is -0.830. The normalized spacial score (nSPS) is 19.5. The molecule has 0 saturated carbocycles. The molecule has 12 heavy (non-hydrogen) atoms. The Morgan fingerprint density at radius 3 is 2.67 bits per heavy atom. The fourth-order valence-electron chi connectivity index (χ4n) is 0.946. The first-order valence-corrected chi connectivity index (χ1v) is 4.20. The lowest BCUT2D eigenvalue weighted by atomic mass is 10.1. The van der Waals surface area contributed by atoms with Gasteiger partial charge in [0.15, 0.2) is 0 Å². The highest BCUT2D eigenvalue weighted by atomic mass is 16.5. The highest BCUT2D eigenvalue weighted by Crippen LogP contribution is 2.09. The van der Waals surface area contributed by atoms with Crippen molar-refractivity contribution >= 4 is 6.72 Å². The Morgan fingerprint density at radius 2 is 2.25 bits per heavy atom. The predicted molar refractivity (Wildman–Crippen MR) is 50.2 cm³/mol. The zero-order valence-electron chi connectivity index (χ0n) is 7.76. The molecule has 1 heterocycles. The fraction of sp³-hybridized carbons (Fsp3) is 0.667. The van der Waals surface area contributed by atoms with E-state index in [1.165, 1.54) is 0 Å². The standard InChI is InChI=1S/C9H16N2O/c1-7(10-3)8(2)11-4-9-5-12-6-9/h9,11H,3-6H2,1-2H3/b8-7-. The number of rotatable bonds is 4. The van der Waals surface area contributed by atoms with E-state index in [2.05, 4.69) is 17.0 Å². The Kier molecular flexibility index (Phi) is 3.29. The summed E-state index contributed by atoms with van der Waals surface area (Å²) in [7, 11) is 0. The van der Waals surface area contributed by atoms with Crippen LogP contribution in [0.2, 0.25) is 0 Å². The Labute approximate surface area is 73.5 Å². The van der Waals surface area contributed by atoms with Gasteiger partial charge in [0.2, 0.25) is 0 Å². The van der Waals surface area contributed by atoms with E-state index in [1.807, 2.05) is 13.8 Å². The molecule has 0 unspecified atom stereocenters. The van der Waals surface area contributed by atoms with Crippen molar-refractivity contribution in [3.63, 3.8) is 0 Å². The van der Waals surface area contributed by atoms with E-state index in [1.54, 1.807) is 0 Å². The molecule has 0 amide bonds. The van der Waals surface area contributed by atoms with Crippen LogP contribution in [-0.2, 0) is 4.74 Å². The number of nitrogens with one attached hydrogen (secondary N) is 1. The van der Waals surface area contributed by atoms with Gasteiger partial charge in [0.05, 0.1) is 18.9 Å². The van der Waals surface area contributed by atoms with Crippen molar-refractivity contribution in [3.05, 3.63) is 11.4 Å². The first kappa shape index (κ1) is 9.26. The van der Waals surface area contributed by atoms with E-state index >= 15 is 0 Å². The Bertz CT molecular complexity index is 195. The summed E-state index contributed by atoms with van der Waals surface area (Å²) in [5.41, 5.74) is 2.08. The number of ether oxygens (including phenoxy) is 1. The van der Waals surface area contributed by atoms with Gasteiger partial charge in [-0.05, 0) is 20.6 Å². The second kappa shape index (κ2) is 4.26. The molecule has 1 rings (SSSR count). The zero-order valence-corrected chi connectivity index (χ0v) is 7.76. The van der Waals surface area contributed by atoms with E-state index in [9.17, 15) is 0 Å². The molecule has 1 N–H and O–H groups in total. The van der Waals surface area contributed by atoms with E-state index < -0.39 is 0 Å². The van der Waals surface area contributed by atoms with Gasteiger partial charge < -0.3 is 10.1 Å². The number of hydrogen-bond donors (Lipinski definition) is 1. The predicted octanol–water partition coefficient (Wildman–Crippen LogP) is 1.17. The van der Waals surface area contributed by atoms with Crippen LogP contribution in [0.3, 0.4) is 0 Å². The summed E-state index contributed by atoms with van der Waals surface area (Å²) in [6.45, 7) is 10.2. The van der Waals surface area contributed by atoms with Gasteiger partial charge in [0.25, 0.3) is 0 Å². The van der Waals surface area contributed by atoms with Crippen molar-refractivity contribution in [1.82, 2.24) is 5.32 Å². The quantitative estimate of drug-likeness (QED) is 0.639. The number of nitrogens with zero attached hydrogens (tertiary/aromatic N) is 1. The molecule has 1 fully saturated rings. The lowest BCUT2D eigenvalue weighted by molar-refractivity contribution is -0.0296. The van der Waals surface area contributed by atoms with Crippen LogP contribution < -0.4 is 5.32 Å². The Morgan fingerprint density at radius 1 is 1.58 bits per heavy atom. The maximum absolute atomic E-state index is 5.06. The van der Waals surface area contributed by atoms with Crippen molar-refractivity contribution in [2.45, 2.75) is 13.8 Å². The highest BCUT2D eigenvalue weighted by Gasteiger charge is 2.17. The molecule has 0 radical (unpaired) electrons. The first-order chi connectivity index (χ1) is 5.74. The number of allylic oxidation sites excluding steroid dienone is 2.